The number of thiophene rings is 1. The number of nitrogens with zero attached hydrogens (tertiary/aromatic N) is 1. The van der Waals surface area contributed by atoms with E-state index < -0.39 is 0 Å². The van der Waals surface area contributed by atoms with Crippen LogP contribution in [0.1, 0.15) is 31.6 Å². The Morgan fingerprint density at radius 3 is 2.78 bits per heavy atom. The molecule has 0 aliphatic heterocycles. The highest BCUT2D eigenvalue weighted by Crippen LogP contribution is 2.07. The maximum absolute atomic E-state index is 4.52. The zero-order valence-electron chi connectivity index (χ0n) is 11.2. The molecule has 1 aromatic heterocycles. The van der Waals surface area contributed by atoms with Crippen LogP contribution in [-0.2, 0) is 6.42 Å². The Kier molecular flexibility index (Phi) is 11.6. The molecule has 18 heavy (non-hydrogen) atoms. The van der Waals surface area contributed by atoms with E-state index in [2.05, 4.69) is 47.0 Å². The average Bonchev–Trinajstić information content (AvgIpc) is 2.82. The van der Waals surface area contributed by atoms with Crippen LogP contribution in [0.2, 0.25) is 0 Å². The first kappa shape index (κ1) is 17.7. The highest BCUT2D eigenvalue weighted by atomic mass is 127. The molecular formula is C13H24IN3S. The summed E-state index contributed by atoms with van der Waals surface area (Å²) in [6.45, 7) is 7.04. The largest absolute Gasteiger partial charge is 0.357 e. The summed E-state index contributed by atoms with van der Waals surface area (Å²) in [7, 11) is 0. The minimum absolute atomic E-state index is 0. The van der Waals surface area contributed by atoms with Gasteiger partial charge in [-0.25, -0.2) is 0 Å². The quantitative estimate of drug-likeness (QED) is 0.329. The highest BCUT2D eigenvalue weighted by molar-refractivity contribution is 14.0. The molecule has 0 saturated carbocycles. The van der Waals surface area contributed by atoms with Crippen LogP contribution in [0.5, 0.6) is 0 Å². The van der Waals surface area contributed by atoms with Crippen molar-refractivity contribution in [2.75, 3.05) is 19.6 Å². The van der Waals surface area contributed by atoms with Gasteiger partial charge in [0.05, 0.1) is 0 Å². The number of halogens is 1. The van der Waals surface area contributed by atoms with Crippen molar-refractivity contribution in [1.82, 2.24) is 10.6 Å². The molecule has 3 nitrogen and oxygen atoms in total. The Hall–Kier alpha value is -0.300. The van der Waals surface area contributed by atoms with Crippen LogP contribution in [0.4, 0.5) is 0 Å². The topological polar surface area (TPSA) is 36.4 Å². The lowest BCUT2D eigenvalue weighted by Gasteiger charge is -2.10. The normalized spacial score (nSPS) is 10.9. The first-order valence-electron chi connectivity index (χ1n) is 6.41. The fourth-order valence-corrected chi connectivity index (χ4v) is 2.16. The van der Waals surface area contributed by atoms with Gasteiger partial charge in [-0.05, 0) is 31.2 Å². The fourth-order valence-electron chi connectivity index (χ4n) is 1.45. The number of nitrogens with one attached hydrogen (secondary N) is 2. The molecule has 104 valence electrons. The third-order valence-corrected chi connectivity index (χ3v) is 3.31. The average molecular weight is 381 g/mol. The number of guanidine groups is 1. The van der Waals surface area contributed by atoms with Crippen LogP contribution in [0.25, 0.3) is 0 Å². The molecule has 2 N–H and O–H groups in total. The lowest BCUT2D eigenvalue weighted by Crippen LogP contribution is -2.38. The summed E-state index contributed by atoms with van der Waals surface area (Å²) in [4.78, 5) is 5.94. The second-order valence-electron chi connectivity index (χ2n) is 3.87. The van der Waals surface area contributed by atoms with Gasteiger partial charge < -0.3 is 10.6 Å². The van der Waals surface area contributed by atoms with Crippen LogP contribution in [0.3, 0.4) is 0 Å². The molecule has 0 bridgehead atoms. The highest BCUT2D eigenvalue weighted by Gasteiger charge is 1.97. The number of aliphatic imine (C=N–C) groups is 1. The van der Waals surface area contributed by atoms with Gasteiger partial charge in [0.1, 0.15) is 0 Å². The SMILES string of the molecule is CCCCN=C(NCC)NCCc1cccs1.I. The Balaban J connectivity index is 0.00000289. The van der Waals surface area contributed by atoms with Crippen molar-refractivity contribution in [1.29, 1.82) is 0 Å². The van der Waals surface area contributed by atoms with Crippen molar-refractivity contribution in [2.45, 2.75) is 33.1 Å². The van der Waals surface area contributed by atoms with E-state index in [9.17, 15) is 0 Å². The summed E-state index contributed by atoms with van der Waals surface area (Å²) in [6.07, 6.45) is 3.41. The van der Waals surface area contributed by atoms with Crippen molar-refractivity contribution in [3.8, 4) is 0 Å². The zero-order valence-corrected chi connectivity index (χ0v) is 14.4. The molecule has 0 spiro atoms. The minimum Gasteiger partial charge on any atom is -0.357 e. The molecule has 0 saturated heterocycles. The molecule has 0 radical (unpaired) electrons. The van der Waals surface area contributed by atoms with Gasteiger partial charge >= 0.3 is 0 Å². The lowest BCUT2D eigenvalue weighted by molar-refractivity contribution is 0.769. The van der Waals surface area contributed by atoms with Gasteiger partial charge in [0.2, 0.25) is 0 Å². The summed E-state index contributed by atoms with van der Waals surface area (Å²) in [5.74, 6) is 0.942. The van der Waals surface area contributed by atoms with Gasteiger partial charge in [0.15, 0.2) is 5.96 Å². The predicted molar refractivity (Wildman–Crippen MR) is 92.3 cm³/mol. The van der Waals surface area contributed by atoms with E-state index in [-0.39, 0.29) is 24.0 Å². The van der Waals surface area contributed by atoms with E-state index in [4.69, 9.17) is 0 Å². The van der Waals surface area contributed by atoms with Gasteiger partial charge in [-0.2, -0.15) is 0 Å². The number of rotatable bonds is 7. The van der Waals surface area contributed by atoms with Crippen molar-refractivity contribution in [2.24, 2.45) is 4.99 Å². The third kappa shape index (κ3) is 7.92. The first-order chi connectivity index (χ1) is 8.36. The zero-order chi connectivity index (χ0) is 12.3. The number of hydrogen-bond donors (Lipinski definition) is 2. The molecule has 5 heteroatoms. The molecule has 0 amide bonds. The molecule has 0 atom stereocenters. The standard InChI is InChI=1S/C13H23N3S.HI/c1-3-5-9-15-13(14-4-2)16-10-8-12-7-6-11-17-12;/h6-7,11H,3-5,8-10H2,1-2H3,(H2,14,15,16);1H. The molecule has 0 fully saturated rings. The van der Waals surface area contributed by atoms with Gasteiger partial charge in [-0.15, -0.1) is 35.3 Å². The van der Waals surface area contributed by atoms with Gasteiger partial charge in [0.25, 0.3) is 0 Å². The molecule has 0 aliphatic carbocycles. The maximum Gasteiger partial charge on any atom is 0.191 e. The van der Waals surface area contributed by atoms with Gasteiger partial charge in [0, 0.05) is 24.5 Å². The van der Waals surface area contributed by atoms with E-state index in [1.54, 1.807) is 0 Å². The smallest absolute Gasteiger partial charge is 0.191 e. The molecule has 1 aromatic rings. The second kappa shape index (κ2) is 11.8. The Bertz CT molecular complexity index is 312. The fraction of sp³-hybridized carbons (Fsp3) is 0.615. The van der Waals surface area contributed by atoms with Crippen molar-refractivity contribution in [3.05, 3.63) is 22.4 Å². The minimum atomic E-state index is 0. The summed E-state index contributed by atoms with van der Waals surface area (Å²) >= 11 is 1.81. The molecule has 0 unspecified atom stereocenters. The molecule has 0 aliphatic rings. The Labute approximate surface area is 131 Å². The van der Waals surface area contributed by atoms with Crippen LogP contribution >= 0.6 is 35.3 Å². The second-order valence-corrected chi connectivity index (χ2v) is 4.90. The van der Waals surface area contributed by atoms with E-state index in [1.165, 1.54) is 11.3 Å². The lowest BCUT2D eigenvalue weighted by atomic mass is 10.3. The predicted octanol–water partition coefficient (Wildman–Crippen LogP) is 3.26. The van der Waals surface area contributed by atoms with Crippen molar-refractivity contribution in [3.63, 3.8) is 0 Å². The maximum atomic E-state index is 4.52. The summed E-state index contributed by atoms with van der Waals surface area (Å²) in [5, 5.41) is 8.75. The van der Waals surface area contributed by atoms with Crippen LogP contribution < -0.4 is 10.6 Å². The van der Waals surface area contributed by atoms with E-state index in [1.807, 2.05) is 11.3 Å². The van der Waals surface area contributed by atoms with Crippen molar-refractivity contribution >= 4 is 41.3 Å². The molecular weight excluding hydrogens is 357 g/mol. The van der Waals surface area contributed by atoms with Gasteiger partial charge in [-0.3, -0.25) is 4.99 Å². The van der Waals surface area contributed by atoms with Crippen molar-refractivity contribution < 1.29 is 0 Å². The van der Waals surface area contributed by atoms with E-state index >= 15 is 0 Å². The number of hydrogen-bond acceptors (Lipinski definition) is 2. The van der Waals surface area contributed by atoms with Crippen LogP contribution in [-0.4, -0.2) is 25.6 Å². The van der Waals surface area contributed by atoms with E-state index in [0.29, 0.717) is 0 Å². The third-order valence-electron chi connectivity index (χ3n) is 2.37. The monoisotopic (exact) mass is 381 g/mol. The summed E-state index contributed by atoms with van der Waals surface area (Å²) in [5.41, 5.74) is 0. The van der Waals surface area contributed by atoms with E-state index in [0.717, 1.165) is 38.4 Å². The molecule has 1 heterocycles. The Morgan fingerprint density at radius 2 is 2.17 bits per heavy atom. The van der Waals surface area contributed by atoms with Crippen LogP contribution in [0, 0.1) is 0 Å². The summed E-state index contributed by atoms with van der Waals surface area (Å²) < 4.78 is 0. The van der Waals surface area contributed by atoms with Gasteiger partial charge in [-0.1, -0.05) is 19.4 Å². The molecule has 0 aromatic carbocycles. The first-order valence-corrected chi connectivity index (χ1v) is 7.29. The van der Waals surface area contributed by atoms with Crippen LogP contribution in [0.15, 0.2) is 22.5 Å². The number of unbranched alkanes of at least 4 members (excludes halogenated alkanes) is 1. The molecule has 1 rings (SSSR count). The Morgan fingerprint density at radius 1 is 1.33 bits per heavy atom. The summed E-state index contributed by atoms with van der Waals surface area (Å²) in [6, 6.07) is 4.27.